The van der Waals surface area contributed by atoms with Crippen LogP contribution in [0.2, 0.25) is 19.6 Å². The maximum atomic E-state index is 5.29. The zero-order valence-corrected chi connectivity index (χ0v) is 42.9. The number of hydrogen-bond donors (Lipinski definition) is 0. The van der Waals surface area contributed by atoms with E-state index in [9.17, 15) is 0 Å². The molecule has 0 spiro atoms. The molecule has 3 nitrogen and oxygen atoms in total. The van der Waals surface area contributed by atoms with Crippen LogP contribution in [0.15, 0.2) is 128 Å². The fourth-order valence-electron chi connectivity index (χ4n) is 8.78. The predicted molar refractivity (Wildman–Crippen MR) is 271 cm³/mol. The SMILES string of the molecule is CC(C)Cc1cc(-c2[c-]cccc2)ncc1[Si](C)(C)C.Cc1ccc(C)c2c1sc1c[c-]c(-c3nc4ccccc4n3-c3c(C(C)C)cc(-c4ccccc4)cc3C(C)C)cc12.[Ir]. The van der Waals surface area contributed by atoms with Gasteiger partial charge in [0.1, 0.15) is 0 Å². The van der Waals surface area contributed by atoms with Crippen molar-refractivity contribution in [3.8, 4) is 39.5 Å². The van der Waals surface area contributed by atoms with Gasteiger partial charge in [-0.3, -0.25) is 4.98 Å². The normalized spacial score (nSPS) is 11.8. The van der Waals surface area contributed by atoms with E-state index < -0.39 is 8.07 Å². The minimum absolute atomic E-state index is 0. The number of hydrogen-bond acceptors (Lipinski definition) is 3. The molecule has 0 unspecified atom stereocenters. The first-order valence-corrected chi connectivity index (χ1v) is 26.5. The van der Waals surface area contributed by atoms with E-state index in [0.29, 0.717) is 17.8 Å². The molecule has 323 valence electrons. The van der Waals surface area contributed by atoms with Crippen LogP contribution in [0.5, 0.6) is 0 Å². The third-order valence-corrected chi connectivity index (χ3v) is 15.3. The molecule has 63 heavy (non-hydrogen) atoms. The molecule has 0 N–H and O–H groups in total. The van der Waals surface area contributed by atoms with Crippen molar-refractivity contribution in [1.29, 1.82) is 0 Å². The Hall–Kier alpha value is -4.97. The number of imidazole rings is 1. The van der Waals surface area contributed by atoms with Crippen molar-refractivity contribution in [3.05, 3.63) is 167 Å². The number of aryl methyl sites for hydroxylation is 2. The van der Waals surface area contributed by atoms with Gasteiger partial charge in [0.05, 0.1) is 24.9 Å². The number of aromatic nitrogens is 3. The van der Waals surface area contributed by atoms with Gasteiger partial charge < -0.3 is 9.55 Å². The first-order chi connectivity index (χ1) is 29.7. The van der Waals surface area contributed by atoms with E-state index in [4.69, 9.17) is 4.98 Å². The van der Waals surface area contributed by atoms with Crippen LogP contribution in [0.3, 0.4) is 0 Å². The molecule has 0 aliphatic rings. The first kappa shape index (κ1) is 46.0. The summed E-state index contributed by atoms with van der Waals surface area (Å²) in [6.45, 7) is 25.4. The van der Waals surface area contributed by atoms with Gasteiger partial charge in [-0.15, -0.1) is 59.7 Å². The van der Waals surface area contributed by atoms with E-state index in [1.807, 2.05) is 29.5 Å². The molecule has 0 saturated carbocycles. The summed E-state index contributed by atoms with van der Waals surface area (Å²) < 4.78 is 5.05. The van der Waals surface area contributed by atoms with Crippen LogP contribution in [0.1, 0.15) is 81.2 Å². The molecular weight excluding hydrogens is 979 g/mol. The average Bonchev–Trinajstić information content (AvgIpc) is 3.84. The summed E-state index contributed by atoms with van der Waals surface area (Å²) >= 11 is 1.87. The van der Waals surface area contributed by atoms with Gasteiger partial charge >= 0.3 is 0 Å². The van der Waals surface area contributed by atoms with Crippen molar-refractivity contribution in [1.82, 2.24) is 14.5 Å². The van der Waals surface area contributed by atoms with Crippen LogP contribution in [-0.2, 0) is 26.5 Å². The largest absolute Gasteiger partial charge is 0.333 e. The van der Waals surface area contributed by atoms with Crippen LogP contribution in [0, 0.1) is 31.9 Å². The second-order valence-corrected chi connectivity index (χ2v) is 25.0. The topological polar surface area (TPSA) is 30.7 Å². The van der Waals surface area contributed by atoms with E-state index in [-0.39, 0.29) is 20.1 Å². The fourth-order valence-corrected chi connectivity index (χ4v) is 11.6. The van der Waals surface area contributed by atoms with Gasteiger partial charge in [0.2, 0.25) is 0 Å². The molecule has 6 aromatic carbocycles. The number of rotatable bonds is 9. The molecule has 0 bridgehead atoms. The minimum Gasteiger partial charge on any atom is -0.333 e. The monoisotopic (exact) mass is 1040 g/mol. The molecule has 0 aliphatic carbocycles. The summed E-state index contributed by atoms with van der Waals surface area (Å²) in [5.74, 6) is 2.26. The average molecular weight is 1040 g/mol. The fraction of sp³-hybridized carbons (Fsp3) is 0.263. The number of fused-ring (bicyclic) bond motifs is 4. The molecule has 3 heterocycles. The summed E-state index contributed by atoms with van der Waals surface area (Å²) in [6, 6.07) is 50.3. The third kappa shape index (κ3) is 9.47. The quantitative estimate of drug-likeness (QED) is 0.107. The molecule has 0 amide bonds. The number of nitrogens with zero attached hydrogens (tertiary/aromatic N) is 3. The zero-order chi connectivity index (χ0) is 43.9. The van der Waals surface area contributed by atoms with Crippen molar-refractivity contribution in [2.24, 2.45) is 5.92 Å². The Bertz CT molecular complexity index is 3000. The molecule has 0 aliphatic heterocycles. The molecule has 0 saturated heterocycles. The molecular formula is C57H59IrN3SSi-2. The standard InChI is InChI=1S/C39H35N2S.C18H24NSi.Ir/c1-23(2)30-21-29(27-12-8-7-9-13-27)22-31(24(3)4)37(30)41-34-15-11-10-14-33(34)40-39(41)28-18-19-35-32(20-28)36-25(5)16-17-26(6)38(36)42-35;1-14(2)11-16-12-17(15-9-7-6-8-10-15)19-13-18(16)20(3,4)5;/h7-17,19-24H,1-6H3;6-9,12-14H,11H2,1-5H3;/q2*-1;. The summed E-state index contributed by atoms with van der Waals surface area (Å²) in [4.78, 5) is 9.97. The Morgan fingerprint density at radius 3 is 2.02 bits per heavy atom. The third-order valence-electron chi connectivity index (χ3n) is 11.9. The zero-order valence-electron chi connectivity index (χ0n) is 38.6. The maximum Gasteiger partial charge on any atom is 0.0798 e. The van der Waals surface area contributed by atoms with Gasteiger partial charge in [-0.05, 0) is 117 Å². The van der Waals surface area contributed by atoms with Gasteiger partial charge in [0, 0.05) is 36.7 Å². The van der Waals surface area contributed by atoms with Gasteiger partial charge in [-0.2, -0.15) is 11.3 Å². The van der Waals surface area contributed by atoms with Crippen molar-refractivity contribution >= 4 is 55.8 Å². The van der Waals surface area contributed by atoms with Crippen molar-refractivity contribution < 1.29 is 20.1 Å². The van der Waals surface area contributed by atoms with Crippen molar-refractivity contribution in [3.63, 3.8) is 0 Å². The van der Waals surface area contributed by atoms with Gasteiger partial charge in [-0.1, -0.05) is 133 Å². The molecule has 9 rings (SSSR count). The van der Waals surface area contributed by atoms with E-state index in [2.05, 4.69) is 206 Å². The molecule has 9 aromatic rings. The second kappa shape index (κ2) is 19.0. The van der Waals surface area contributed by atoms with Crippen molar-refractivity contribution in [2.45, 2.75) is 93.3 Å². The second-order valence-electron chi connectivity index (χ2n) is 18.9. The summed E-state index contributed by atoms with van der Waals surface area (Å²) in [5, 5.41) is 4.13. The predicted octanol–water partition coefficient (Wildman–Crippen LogP) is 15.7. The van der Waals surface area contributed by atoms with Crippen LogP contribution in [0.4, 0.5) is 0 Å². The summed E-state index contributed by atoms with van der Waals surface area (Å²) in [5.41, 5.74) is 15.8. The summed E-state index contributed by atoms with van der Waals surface area (Å²) in [7, 11) is -1.34. The van der Waals surface area contributed by atoms with Crippen LogP contribution >= 0.6 is 11.3 Å². The molecule has 6 heteroatoms. The summed E-state index contributed by atoms with van der Waals surface area (Å²) in [6.07, 6.45) is 3.24. The van der Waals surface area contributed by atoms with Gasteiger partial charge in [0.25, 0.3) is 0 Å². The van der Waals surface area contributed by atoms with Crippen LogP contribution in [0.25, 0.3) is 70.7 Å². The number of pyridine rings is 1. The molecule has 1 radical (unpaired) electrons. The molecule has 0 fully saturated rings. The number of para-hydroxylation sites is 2. The first-order valence-electron chi connectivity index (χ1n) is 22.2. The van der Waals surface area contributed by atoms with E-state index in [1.165, 1.54) is 70.0 Å². The van der Waals surface area contributed by atoms with Gasteiger partial charge in [-0.25, -0.2) is 0 Å². The Morgan fingerprint density at radius 2 is 1.37 bits per heavy atom. The smallest absolute Gasteiger partial charge is 0.0798 e. The minimum atomic E-state index is -1.34. The maximum absolute atomic E-state index is 5.29. The van der Waals surface area contributed by atoms with Crippen molar-refractivity contribution in [2.75, 3.05) is 0 Å². The number of thiophene rings is 1. The van der Waals surface area contributed by atoms with E-state index >= 15 is 0 Å². The van der Waals surface area contributed by atoms with E-state index in [1.54, 1.807) is 0 Å². The van der Waals surface area contributed by atoms with Crippen LogP contribution in [-0.4, -0.2) is 22.6 Å². The Labute approximate surface area is 394 Å². The Balaban J connectivity index is 0.000000239. The molecule has 0 atom stereocenters. The Morgan fingerprint density at radius 1 is 0.698 bits per heavy atom. The Kier molecular flexibility index (Phi) is 13.9. The number of benzene rings is 6. The molecule has 3 aromatic heterocycles. The van der Waals surface area contributed by atoms with Crippen LogP contribution < -0.4 is 5.19 Å². The van der Waals surface area contributed by atoms with Gasteiger partial charge in [0.15, 0.2) is 0 Å². The van der Waals surface area contributed by atoms with E-state index in [0.717, 1.165) is 40.1 Å².